The van der Waals surface area contributed by atoms with E-state index in [0.29, 0.717) is 0 Å². The molecule has 0 bridgehead atoms. The maximum absolute atomic E-state index is 11.8. The zero-order valence-corrected chi connectivity index (χ0v) is 9.76. The van der Waals surface area contributed by atoms with E-state index in [4.69, 9.17) is 4.74 Å². The molecule has 0 aliphatic heterocycles. The number of anilines is 1. The van der Waals surface area contributed by atoms with E-state index in [9.17, 15) is 14.4 Å². The zero-order valence-electron chi connectivity index (χ0n) is 9.76. The summed E-state index contributed by atoms with van der Waals surface area (Å²) in [6.07, 6.45) is 1.16. The summed E-state index contributed by atoms with van der Waals surface area (Å²) in [6, 6.07) is 2.36. The number of methoxy groups -OCH3 is 1. The summed E-state index contributed by atoms with van der Waals surface area (Å²) in [4.78, 5) is 45.6. The van der Waals surface area contributed by atoms with Crippen molar-refractivity contribution in [2.45, 2.75) is 0 Å². The van der Waals surface area contributed by atoms with Crippen LogP contribution >= 0.6 is 0 Å². The Morgan fingerprint density at radius 3 is 2.74 bits per heavy atom. The molecule has 9 nitrogen and oxygen atoms in total. The Hall–Kier alpha value is -2.97. The molecule has 1 amide bonds. The molecule has 2 aromatic rings. The molecular formula is C10H9N5O4. The number of amides is 1. The molecule has 98 valence electrons. The normalized spacial score (nSPS) is 9.95. The average Bonchev–Trinajstić information content (AvgIpc) is 2.37. The number of nitrogens with zero attached hydrogens (tertiary/aromatic N) is 2. The molecule has 3 N–H and O–H groups in total. The Labute approximate surface area is 105 Å². The highest BCUT2D eigenvalue weighted by molar-refractivity contribution is 6.02. The topological polar surface area (TPSA) is 130 Å². The molecule has 0 radical (unpaired) electrons. The van der Waals surface area contributed by atoms with Crippen LogP contribution in [0.15, 0.2) is 28.0 Å². The molecule has 2 heterocycles. The second-order valence-electron chi connectivity index (χ2n) is 3.40. The molecule has 2 rings (SSSR count). The third-order valence-corrected chi connectivity index (χ3v) is 2.09. The fraction of sp³-hybridized carbons (Fsp3) is 0.100. The monoisotopic (exact) mass is 263 g/mol. The van der Waals surface area contributed by atoms with E-state index in [0.717, 1.165) is 12.4 Å². The van der Waals surface area contributed by atoms with E-state index >= 15 is 0 Å². The highest BCUT2D eigenvalue weighted by atomic mass is 16.5. The molecule has 0 fully saturated rings. The lowest BCUT2D eigenvalue weighted by Gasteiger charge is -2.04. The summed E-state index contributed by atoms with van der Waals surface area (Å²) in [5.74, 6) is -0.419. The number of rotatable bonds is 3. The van der Waals surface area contributed by atoms with Gasteiger partial charge >= 0.3 is 5.69 Å². The lowest BCUT2D eigenvalue weighted by Crippen LogP contribution is -2.25. The number of carbonyl (C=O) groups is 1. The molecule has 0 atom stereocenters. The van der Waals surface area contributed by atoms with Crippen LogP contribution in [0.3, 0.4) is 0 Å². The minimum Gasteiger partial charge on any atom is -0.481 e. The molecule has 0 aliphatic rings. The number of hydrogen-bond acceptors (Lipinski definition) is 6. The van der Waals surface area contributed by atoms with Crippen LogP contribution in [0.1, 0.15) is 10.5 Å². The molecule has 0 aromatic carbocycles. The van der Waals surface area contributed by atoms with Gasteiger partial charge in [-0.25, -0.2) is 14.8 Å². The number of hydrogen-bond donors (Lipinski definition) is 3. The van der Waals surface area contributed by atoms with E-state index < -0.39 is 17.2 Å². The van der Waals surface area contributed by atoms with Crippen molar-refractivity contribution in [3.63, 3.8) is 0 Å². The van der Waals surface area contributed by atoms with Crippen LogP contribution in [0.4, 0.5) is 5.82 Å². The van der Waals surface area contributed by atoms with Gasteiger partial charge in [0.15, 0.2) is 0 Å². The fourth-order valence-electron chi connectivity index (χ4n) is 1.30. The minimum absolute atomic E-state index is 0.0312. The van der Waals surface area contributed by atoms with Crippen molar-refractivity contribution < 1.29 is 9.53 Å². The van der Waals surface area contributed by atoms with Gasteiger partial charge in [-0.05, 0) is 0 Å². The molecule has 9 heteroatoms. The SMILES string of the molecule is COc1cc(C(=O)Nc2cc(=O)[nH]c(=O)[nH]2)ncn1. The molecule has 2 aromatic heterocycles. The minimum atomic E-state index is -0.719. The Kier molecular flexibility index (Phi) is 3.37. The van der Waals surface area contributed by atoms with Gasteiger partial charge in [-0.1, -0.05) is 0 Å². The number of nitrogens with one attached hydrogen (secondary N) is 3. The summed E-state index contributed by atoms with van der Waals surface area (Å²) in [7, 11) is 1.40. The van der Waals surface area contributed by atoms with Crippen LogP contribution in [0.5, 0.6) is 5.88 Å². The molecule has 0 saturated carbocycles. The second kappa shape index (κ2) is 5.12. The summed E-state index contributed by atoms with van der Waals surface area (Å²) in [6.45, 7) is 0. The van der Waals surface area contributed by atoms with E-state index in [1.165, 1.54) is 13.2 Å². The molecule has 0 spiro atoms. The van der Waals surface area contributed by atoms with Crippen molar-refractivity contribution in [3.05, 3.63) is 45.0 Å². The van der Waals surface area contributed by atoms with Gasteiger partial charge < -0.3 is 10.1 Å². The first kappa shape index (κ1) is 12.5. The Bertz CT molecular complexity index is 692. The fourth-order valence-corrected chi connectivity index (χ4v) is 1.30. The van der Waals surface area contributed by atoms with Gasteiger partial charge in [0.1, 0.15) is 17.8 Å². The number of carbonyl (C=O) groups excluding carboxylic acids is 1. The summed E-state index contributed by atoms with van der Waals surface area (Å²) in [5, 5.41) is 2.33. The van der Waals surface area contributed by atoms with Crippen molar-refractivity contribution in [1.29, 1.82) is 0 Å². The number of ether oxygens (including phenoxy) is 1. The van der Waals surface area contributed by atoms with E-state index in [-0.39, 0.29) is 17.4 Å². The van der Waals surface area contributed by atoms with Crippen molar-refractivity contribution in [1.82, 2.24) is 19.9 Å². The first-order valence-electron chi connectivity index (χ1n) is 5.09. The van der Waals surface area contributed by atoms with Gasteiger partial charge in [0.05, 0.1) is 7.11 Å². The van der Waals surface area contributed by atoms with Gasteiger partial charge in [0.2, 0.25) is 5.88 Å². The Balaban J connectivity index is 2.25. The largest absolute Gasteiger partial charge is 0.481 e. The van der Waals surface area contributed by atoms with Crippen LogP contribution < -0.4 is 21.3 Å². The maximum atomic E-state index is 11.8. The number of aromatic nitrogens is 4. The van der Waals surface area contributed by atoms with Crippen molar-refractivity contribution in [2.24, 2.45) is 0 Å². The Morgan fingerprint density at radius 1 is 1.26 bits per heavy atom. The zero-order chi connectivity index (χ0) is 13.8. The first-order chi connectivity index (χ1) is 9.08. The van der Waals surface area contributed by atoms with E-state index in [1.807, 2.05) is 4.98 Å². The van der Waals surface area contributed by atoms with Crippen LogP contribution in [-0.4, -0.2) is 33.0 Å². The molecule has 0 unspecified atom stereocenters. The lowest BCUT2D eigenvalue weighted by atomic mass is 10.3. The van der Waals surface area contributed by atoms with Crippen LogP contribution in [0.2, 0.25) is 0 Å². The van der Waals surface area contributed by atoms with Crippen LogP contribution in [-0.2, 0) is 0 Å². The predicted octanol–water partition coefficient (Wildman–Crippen LogP) is -0.886. The third-order valence-electron chi connectivity index (χ3n) is 2.09. The molecular weight excluding hydrogens is 254 g/mol. The summed E-state index contributed by atoms with van der Waals surface area (Å²) >= 11 is 0. The van der Waals surface area contributed by atoms with E-state index in [1.54, 1.807) is 0 Å². The number of aromatic amines is 2. The van der Waals surface area contributed by atoms with Crippen molar-refractivity contribution in [2.75, 3.05) is 12.4 Å². The standard InChI is InChI=1S/C10H9N5O4/c1-19-8-2-5(11-4-12-8)9(17)13-6-3-7(16)15-10(18)14-6/h2-4H,1H3,(H3,13,14,15,16,17,18). The van der Waals surface area contributed by atoms with Gasteiger partial charge in [0.25, 0.3) is 11.5 Å². The molecule has 0 saturated heterocycles. The van der Waals surface area contributed by atoms with Crippen molar-refractivity contribution >= 4 is 11.7 Å². The maximum Gasteiger partial charge on any atom is 0.327 e. The third kappa shape index (κ3) is 3.03. The van der Waals surface area contributed by atoms with Crippen LogP contribution in [0.25, 0.3) is 0 Å². The first-order valence-corrected chi connectivity index (χ1v) is 5.09. The molecule has 0 aliphatic carbocycles. The van der Waals surface area contributed by atoms with Gasteiger partial charge in [-0.15, -0.1) is 0 Å². The van der Waals surface area contributed by atoms with Gasteiger partial charge in [-0.2, -0.15) is 0 Å². The van der Waals surface area contributed by atoms with Gasteiger partial charge in [-0.3, -0.25) is 19.6 Å². The summed E-state index contributed by atoms with van der Waals surface area (Å²) < 4.78 is 4.85. The second-order valence-corrected chi connectivity index (χ2v) is 3.40. The Morgan fingerprint density at radius 2 is 2.05 bits per heavy atom. The lowest BCUT2D eigenvalue weighted by molar-refractivity contribution is 0.102. The molecule has 19 heavy (non-hydrogen) atoms. The van der Waals surface area contributed by atoms with Gasteiger partial charge in [0, 0.05) is 12.1 Å². The highest BCUT2D eigenvalue weighted by Gasteiger charge is 2.10. The van der Waals surface area contributed by atoms with Crippen LogP contribution in [0, 0.1) is 0 Å². The average molecular weight is 263 g/mol. The number of H-pyrrole nitrogens is 2. The highest BCUT2D eigenvalue weighted by Crippen LogP contribution is 2.07. The summed E-state index contributed by atoms with van der Waals surface area (Å²) in [5.41, 5.74) is -1.31. The predicted molar refractivity (Wildman–Crippen MR) is 64.2 cm³/mol. The quantitative estimate of drug-likeness (QED) is 0.658. The smallest absolute Gasteiger partial charge is 0.327 e. The van der Waals surface area contributed by atoms with E-state index in [2.05, 4.69) is 20.3 Å². The van der Waals surface area contributed by atoms with Crippen molar-refractivity contribution in [3.8, 4) is 5.88 Å².